The van der Waals surface area contributed by atoms with Crippen molar-refractivity contribution in [3.8, 4) is 0 Å². The topological polar surface area (TPSA) is 71.5 Å². The minimum Gasteiger partial charge on any atom is -0.313 e. The molecule has 1 N–H and O–H groups in total. The summed E-state index contributed by atoms with van der Waals surface area (Å²) < 4.78 is 25.6. The Bertz CT molecular complexity index is 582. The zero-order valence-corrected chi connectivity index (χ0v) is 22.3. The molecule has 0 aromatic heterocycles. The van der Waals surface area contributed by atoms with E-state index in [4.69, 9.17) is 13.9 Å². The lowest BCUT2D eigenvalue weighted by atomic mass is 9.80. The Labute approximate surface area is 184 Å². The van der Waals surface area contributed by atoms with Crippen LogP contribution in [0.3, 0.4) is 0 Å². The van der Waals surface area contributed by atoms with Gasteiger partial charge in [0.2, 0.25) is 0 Å². The monoisotopic (exact) mass is 450 g/mol. The smallest absolute Gasteiger partial charge is 0.313 e. The maximum Gasteiger partial charge on any atom is 0.350 e. The van der Waals surface area contributed by atoms with E-state index >= 15 is 0 Å². The summed E-state index contributed by atoms with van der Waals surface area (Å²) in [5.74, 6) is -0.594. The van der Waals surface area contributed by atoms with Gasteiger partial charge in [-0.3, -0.25) is 9.40 Å². The molecule has 0 bridgehead atoms. The molecule has 8 heteroatoms. The highest BCUT2D eigenvalue weighted by Gasteiger charge is 2.53. The van der Waals surface area contributed by atoms with E-state index in [0.717, 1.165) is 0 Å². The molecule has 1 rings (SSSR count). The van der Waals surface area contributed by atoms with Crippen molar-refractivity contribution in [1.82, 2.24) is 10.1 Å². The van der Waals surface area contributed by atoms with Crippen LogP contribution in [0.2, 0.25) is 0 Å². The molecule has 1 saturated heterocycles. The first kappa shape index (κ1) is 28.0. The zero-order chi connectivity index (χ0) is 23.8. The van der Waals surface area contributed by atoms with Crippen LogP contribution in [0.25, 0.3) is 0 Å². The number of piperidine rings is 1. The Morgan fingerprint density at radius 3 is 1.70 bits per heavy atom. The van der Waals surface area contributed by atoms with E-state index in [0.29, 0.717) is 26.1 Å². The van der Waals surface area contributed by atoms with E-state index < -0.39 is 35.4 Å². The minimum absolute atomic E-state index is 0.154. The number of hydroxylamine groups is 4. The highest BCUT2D eigenvalue weighted by atomic mass is 31.2. The van der Waals surface area contributed by atoms with Crippen LogP contribution in [0.1, 0.15) is 95.9 Å². The van der Waals surface area contributed by atoms with Crippen molar-refractivity contribution in [2.45, 2.75) is 124 Å². The molecule has 1 atom stereocenters. The first-order valence-electron chi connectivity index (χ1n) is 11.2. The summed E-state index contributed by atoms with van der Waals surface area (Å²) in [5, 5.41) is 14.0. The first-order chi connectivity index (χ1) is 13.3. The summed E-state index contributed by atoms with van der Waals surface area (Å²) >= 11 is 0. The van der Waals surface area contributed by atoms with Crippen LogP contribution in [-0.2, 0) is 18.5 Å². The Morgan fingerprint density at radius 2 is 1.40 bits per heavy atom. The van der Waals surface area contributed by atoms with Crippen LogP contribution < -0.4 is 0 Å². The van der Waals surface area contributed by atoms with Gasteiger partial charge < -0.3 is 14.3 Å². The Hall–Kier alpha value is -0.0100. The van der Waals surface area contributed by atoms with Crippen molar-refractivity contribution in [2.75, 3.05) is 13.2 Å². The van der Waals surface area contributed by atoms with Crippen molar-refractivity contribution in [2.24, 2.45) is 5.41 Å². The Balaban J connectivity index is 3.43. The number of rotatable bonds is 8. The van der Waals surface area contributed by atoms with E-state index in [1.807, 2.05) is 88.1 Å². The number of nitrogens with zero attached hydrogens (tertiary/aromatic N) is 2. The van der Waals surface area contributed by atoms with E-state index in [1.165, 1.54) is 5.06 Å². The maximum atomic E-state index is 14.0. The second-order valence-corrected chi connectivity index (χ2v) is 13.8. The molecule has 1 unspecified atom stereocenters. The van der Waals surface area contributed by atoms with Crippen molar-refractivity contribution in [3.05, 3.63) is 0 Å². The lowest BCUT2D eigenvalue weighted by Crippen LogP contribution is -2.62. The minimum atomic E-state index is -3.51. The van der Waals surface area contributed by atoms with Crippen molar-refractivity contribution in [1.29, 1.82) is 0 Å². The first-order valence-corrected chi connectivity index (χ1v) is 12.8. The third-order valence-corrected chi connectivity index (χ3v) is 8.26. The van der Waals surface area contributed by atoms with E-state index in [9.17, 15) is 9.77 Å². The Morgan fingerprint density at radius 1 is 1.00 bits per heavy atom. The van der Waals surface area contributed by atoms with Gasteiger partial charge in [-0.15, -0.1) is 0 Å². The average Bonchev–Trinajstić information content (AvgIpc) is 2.49. The van der Waals surface area contributed by atoms with Crippen LogP contribution in [0.5, 0.6) is 0 Å². The molecule has 0 aliphatic carbocycles. The van der Waals surface area contributed by atoms with Gasteiger partial charge in [0.15, 0.2) is 0 Å². The highest BCUT2D eigenvalue weighted by Crippen LogP contribution is 2.61. The van der Waals surface area contributed by atoms with Crippen LogP contribution in [-0.4, -0.2) is 57.1 Å². The predicted molar refractivity (Wildman–Crippen MR) is 122 cm³/mol. The summed E-state index contributed by atoms with van der Waals surface area (Å²) in [6.07, 6.45) is 1.13. The van der Waals surface area contributed by atoms with Gasteiger partial charge in [-0.25, -0.2) is 0 Å². The molecule has 0 saturated carbocycles. The quantitative estimate of drug-likeness (QED) is 0.355. The summed E-state index contributed by atoms with van der Waals surface area (Å²) in [6.45, 7) is 24.5. The summed E-state index contributed by atoms with van der Waals surface area (Å²) in [5.41, 5.74) is -1.78. The van der Waals surface area contributed by atoms with Crippen LogP contribution in [0, 0.1) is 5.41 Å². The van der Waals surface area contributed by atoms with Gasteiger partial charge in [0.25, 0.3) is 0 Å². The fourth-order valence-electron chi connectivity index (χ4n) is 4.49. The van der Waals surface area contributed by atoms with Crippen LogP contribution in [0.15, 0.2) is 0 Å². The van der Waals surface area contributed by atoms with Gasteiger partial charge in [0, 0.05) is 16.6 Å². The van der Waals surface area contributed by atoms with Crippen molar-refractivity contribution < 1.29 is 23.7 Å². The predicted octanol–water partition coefficient (Wildman–Crippen LogP) is 6.07. The van der Waals surface area contributed by atoms with Gasteiger partial charge in [-0.1, -0.05) is 20.8 Å². The molecule has 1 heterocycles. The van der Waals surface area contributed by atoms with Gasteiger partial charge in [-0.05, 0) is 80.6 Å². The zero-order valence-electron chi connectivity index (χ0n) is 21.4. The molecule has 1 aliphatic rings. The molecule has 0 spiro atoms. The van der Waals surface area contributed by atoms with Gasteiger partial charge in [0.1, 0.15) is 5.78 Å². The summed E-state index contributed by atoms with van der Waals surface area (Å²) in [4.78, 5) is 6.67. The molecule has 0 amide bonds. The second-order valence-electron chi connectivity index (χ2n) is 11.7. The van der Waals surface area contributed by atoms with Crippen LogP contribution >= 0.6 is 7.60 Å². The van der Waals surface area contributed by atoms with Gasteiger partial charge in [-0.2, -0.15) is 10.1 Å². The van der Waals surface area contributed by atoms with E-state index in [-0.39, 0.29) is 6.10 Å². The molecular formula is C22H47N2O5P. The highest BCUT2D eigenvalue weighted by molar-refractivity contribution is 7.54. The third-order valence-electron chi connectivity index (χ3n) is 5.44. The molecule has 0 aromatic carbocycles. The molecule has 1 fully saturated rings. The molecule has 30 heavy (non-hydrogen) atoms. The molecule has 0 radical (unpaired) electrons. The average molecular weight is 451 g/mol. The van der Waals surface area contributed by atoms with Crippen molar-refractivity contribution in [3.63, 3.8) is 0 Å². The van der Waals surface area contributed by atoms with Crippen LogP contribution in [0.4, 0.5) is 0 Å². The number of hydrogen-bond donors (Lipinski definition) is 1. The maximum absolute atomic E-state index is 14.0. The number of hydrogen-bond acceptors (Lipinski definition) is 7. The summed E-state index contributed by atoms with van der Waals surface area (Å²) in [7, 11) is -3.51. The lowest BCUT2D eigenvalue weighted by molar-refractivity contribution is -0.316. The largest absolute Gasteiger partial charge is 0.350 e. The molecule has 180 valence electrons. The fraction of sp³-hybridized carbons (Fsp3) is 1.00. The second kappa shape index (κ2) is 9.46. The molecule has 0 aromatic rings. The van der Waals surface area contributed by atoms with Crippen molar-refractivity contribution >= 4 is 7.60 Å². The molecule has 7 nitrogen and oxygen atoms in total. The van der Waals surface area contributed by atoms with Gasteiger partial charge >= 0.3 is 7.60 Å². The molecule has 1 aliphatic heterocycles. The summed E-state index contributed by atoms with van der Waals surface area (Å²) in [6, 6.07) is 0. The van der Waals surface area contributed by atoms with Gasteiger partial charge in [0.05, 0.1) is 19.3 Å². The van der Waals surface area contributed by atoms with E-state index in [2.05, 4.69) is 0 Å². The molecular weight excluding hydrogens is 403 g/mol. The lowest BCUT2D eigenvalue weighted by Gasteiger charge is -2.54. The SMILES string of the molecule is CCOP(=O)(OCC)C(N(OC1CC(C)(C)N(O)C(C)(C)C1)C(C)(C)C)C(C)(C)C. The third kappa shape index (κ3) is 6.50. The normalized spacial score (nSPS) is 22.5. The fourth-order valence-corrected chi connectivity index (χ4v) is 7.17. The Kier molecular flexibility index (Phi) is 8.84. The standard InChI is InChI=1S/C22H47N2O5P/c1-13-27-30(26,28-14-2)18(19(3,4)5)23(20(6,7)8)29-17-15-21(9,10)24(25)22(11,12)16-17/h17-18,25H,13-16H2,1-12H3. The van der Waals surface area contributed by atoms with E-state index in [1.54, 1.807) is 0 Å².